The molecule has 1 atom stereocenters. The number of anilines is 2. The van der Waals surface area contributed by atoms with Gasteiger partial charge in [-0.1, -0.05) is 18.2 Å². The van der Waals surface area contributed by atoms with Crippen molar-refractivity contribution < 1.29 is 9.53 Å². The lowest BCUT2D eigenvalue weighted by Gasteiger charge is -2.16. The number of aryl methyl sites for hydroxylation is 2. The summed E-state index contributed by atoms with van der Waals surface area (Å²) in [5, 5.41) is 2.84. The van der Waals surface area contributed by atoms with Crippen LogP contribution in [0.15, 0.2) is 42.5 Å². The third-order valence-corrected chi connectivity index (χ3v) is 3.19. The van der Waals surface area contributed by atoms with Crippen LogP contribution >= 0.6 is 0 Å². The van der Waals surface area contributed by atoms with Crippen molar-refractivity contribution in [3.8, 4) is 5.75 Å². The van der Waals surface area contributed by atoms with Crippen molar-refractivity contribution in [2.24, 2.45) is 0 Å². The van der Waals surface area contributed by atoms with Crippen molar-refractivity contribution in [2.75, 3.05) is 11.1 Å². The van der Waals surface area contributed by atoms with Crippen LogP contribution in [0.5, 0.6) is 5.75 Å². The van der Waals surface area contributed by atoms with Gasteiger partial charge in [0.15, 0.2) is 6.10 Å². The Labute approximate surface area is 124 Å². The molecule has 2 aromatic carbocycles. The van der Waals surface area contributed by atoms with E-state index in [2.05, 4.69) is 5.32 Å². The Bertz CT molecular complexity index is 653. The molecule has 21 heavy (non-hydrogen) atoms. The molecule has 0 aliphatic rings. The quantitative estimate of drug-likeness (QED) is 0.847. The summed E-state index contributed by atoms with van der Waals surface area (Å²) in [5.41, 5.74) is 9.11. The summed E-state index contributed by atoms with van der Waals surface area (Å²) >= 11 is 0. The molecular formula is C17H20N2O2. The Morgan fingerprint density at radius 1 is 1.19 bits per heavy atom. The molecule has 1 amide bonds. The van der Waals surface area contributed by atoms with Crippen molar-refractivity contribution in [2.45, 2.75) is 26.9 Å². The van der Waals surface area contributed by atoms with Gasteiger partial charge in [-0.3, -0.25) is 4.79 Å². The fraction of sp³-hybridized carbons (Fsp3) is 0.235. The highest BCUT2D eigenvalue weighted by Gasteiger charge is 2.15. The van der Waals surface area contributed by atoms with E-state index in [1.165, 1.54) is 0 Å². The first-order valence-electron chi connectivity index (χ1n) is 6.86. The fourth-order valence-electron chi connectivity index (χ4n) is 1.95. The highest BCUT2D eigenvalue weighted by Crippen LogP contribution is 2.19. The van der Waals surface area contributed by atoms with Crippen LogP contribution < -0.4 is 15.8 Å². The maximum absolute atomic E-state index is 12.2. The maximum atomic E-state index is 12.2. The van der Waals surface area contributed by atoms with E-state index in [1.807, 2.05) is 44.2 Å². The molecule has 0 spiro atoms. The number of ether oxygens (including phenoxy) is 1. The summed E-state index contributed by atoms with van der Waals surface area (Å²) < 4.78 is 5.66. The molecule has 0 fully saturated rings. The molecule has 0 saturated heterocycles. The van der Waals surface area contributed by atoms with Gasteiger partial charge in [-0.15, -0.1) is 0 Å². The molecule has 0 aromatic heterocycles. The number of benzene rings is 2. The lowest BCUT2D eigenvalue weighted by atomic mass is 10.1. The zero-order chi connectivity index (χ0) is 15.4. The molecule has 0 heterocycles. The molecular weight excluding hydrogens is 264 g/mol. The zero-order valence-corrected chi connectivity index (χ0v) is 12.5. The first kappa shape index (κ1) is 14.9. The van der Waals surface area contributed by atoms with E-state index in [0.717, 1.165) is 11.1 Å². The lowest BCUT2D eigenvalue weighted by Crippen LogP contribution is -2.30. The zero-order valence-electron chi connectivity index (χ0n) is 12.5. The molecule has 0 saturated carbocycles. The Kier molecular flexibility index (Phi) is 4.48. The van der Waals surface area contributed by atoms with E-state index < -0.39 is 6.10 Å². The maximum Gasteiger partial charge on any atom is 0.265 e. The lowest BCUT2D eigenvalue weighted by molar-refractivity contribution is -0.122. The number of amides is 1. The smallest absolute Gasteiger partial charge is 0.265 e. The molecule has 2 rings (SSSR count). The average molecular weight is 284 g/mol. The van der Waals surface area contributed by atoms with Gasteiger partial charge in [0.25, 0.3) is 5.91 Å². The summed E-state index contributed by atoms with van der Waals surface area (Å²) in [5.74, 6) is 0.479. The molecule has 0 radical (unpaired) electrons. The van der Waals surface area contributed by atoms with Crippen molar-refractivity contribution in [1.82, 2.24) is 0 Å². The molecule has 4 heteroatoms. The normalized spacial score (nSPS) is 11.8. The van der Waals surface area contributed by atoms with Gasteiger partial charge in [0.05, 0.1) is 0 Å². The Hall–Kier alpha value is -2.49. The van der Waals surface area contributed by atoms with Gasteiger partial charge in [0.1, 0.15) is 5.75 Å². The van der Waals surface area contributed by atoms with Gasteiger partial charge < -0.3 is 15.8 Å². The minimum absolute atomic E-state index is 0.204. The van der Waals surface area contributed by atoms with Crippen molar-refractivity contribution in [3.63, 3.8) is 0 Å². The summed E-state index contributed by atoms with van der Waals surface area (Å²) in [4.78, 5) is 12.2. The van der Waals surface area contributed by atoms with Crippen LogP contribution in [0.3, 0.4) is 0 Å². The number of rotatable bonds is 4. The van der Waals surface area contributed by atoms with E-state index in [-0.39, 0.29) is 5.91 Å². The van der Waals surface area contributed by atoms with Crippen molar-refractivity contribution >= 4 is 17.3 Å². The molecule has 0 aliphatic heterocycles. The van der Waals surface area contributed by atoms with Gasteiger partial charge in [0.2, 0.25) is 0 Å². The first-order valence-corrected chi connectivity index (χ1v) is 6.86. The third-order valence-electron chi connectivity index (χ3n) is 3.19. The van der Waals surface area contributed by atoms with Crippen LogP contribution in [-0.4, -0.2) is 12.0 Å². The predicted octanol–water partition coefficient (Wildman–Crippen LogP) is 3.29. The summed E-state index contributed by atoms with van der Waals surface area (Å²) in [6.45, 7) is 5.62. The first-order chi connectivity index (χ1) is 9.95. The molecule has 2 aromatic rings. The monoisotopic (exact) mass is 284 g/mol. The van der Waals surface area contributed by atoms with Gasteiger partial charge >= 0.3 is 0 Å². The van der Waals surface area contributed by atoms with Crippen LogP contribution in [0.2, 0.25) is 0 Å². The van der Waals surface area contributed by atoms with Crippen molar-refractivity contribution in [1.29, 1.82) is 0 Å². The second kappa shape index (κ2) is 6.31. The molecule has 3 N–H and O–H groups in total. The number of hydrogen-bond donors (Lipinski definition) is 2. The van der Waals surface area contributed by atoms with E-state index in [0.29, 0.717) is 17.1 Å². The van der Waals surface area contributed by atoms with E-state index >= 15 is 0 Å². The Morgan fingerprint density at radius 3 is 2.67 bits per heavy atom. The largest absolute Gasteiger partial charge is 0.481 e. The predicted molar refractivity (Wildman–Crippen MR) is 85.5 cm³/mol. The molecule has 0 unspecified atom stereocenters. The Morgan fingerprint density at radius 2 is 1.95 bits per heavy atom. The average Bonchev–Trinajstić information content (AvgIpc) is 2.43. The third kappa shape index (κ3) is 3.99. The summed E-state index contributed by atoms with van der Waals surface area (Å²) in [6, 6.07) is 13.0. The minimum atomic E-state index is -0.590. The van der Waals surface area contributed by atoms with Crippen LogP contribution in [0, 0.1) is 13.8 Å². The van der Waals surface area contributed by atoms with Crippen LogP contribution in [0.1, 0.15) is 18.1 Å². The number of carbonyl (C=O) groups excluding carboxylic acids is 1. The standard InChI is InChI=1S/C17H20N2O2/c1-11-5-4-6-15(9-11)21-13(3)17(20)19-16-10-14(18)8-7-12(16)2/h4-10,13H,18H2,1-3H3,(H,19,20)/t13-/m1/s1. The molecule has 4 nitrogen and oxygen atoms in total. The fourth-order valence-corrected chi connectivity index (χ4v) is 1.95. The SMILES string of the molecule is Cc1cccc(O[C@H](C)C(=O)Nc2cc(N)ccc2C)c1. The van der Waals surface area contributed by atoms with Crippen LogP contribution in [0.4, 0.5) is 11.4 Å². The van der Waals surface area contributed by atoms with Crippen molar-refractivity contribution in [3.05, 3.63) is 53.6 Å². The van der Waals surface area contributed by atoms with Crippen LogP contribution in [0.25, 0.3) is 0 Å². The number of nitrogens with two attached hydrogens (primary N) is 1. The van der Waals surface area contributed by atoms with Gasteiger partial charge in [-0.2, -0.15) is 0 Å². The molecule has 0 aliphatic carbocycles. The topological polar surface area (TPSA) is 64.3 Å². The minimum Gasteiger partial charge on any atom is -0.481 e. The van der Waals surface area contributed by atoms with E-state index in [9.17, 15) is 4.79 Å². The van der Waals surface area contributed by atoms with E-state index in [1.54, 1.807) is 19.1 Å². The van der Waals surface area contributed by atoms with Crippen LogP contribution in [-0.2, 0) is 4.79 Å². The number of nitrogens with one attached hydrogen (secondary N) is 1. The second-order valence-corrected chi connectivity index (χ2v) is 5.14. The van der Waals surface area contributed by atoms with E-state index in [4.69, 9.17) is 10.5 Å². The molecule has 110 valence electrons. The van der Waals surface area contributed by atoms with Gasteiger partial charge in [-0.25, -0.2) is 0 Å². The highest BCUT2D eigenvalue weighted by molar-refractivity contribution is 5.95. The number of carbonyl (C=O) groups is 1. The van der Waals surface area contributed by atoms with Gasteiger partial charge in [0, 0.05) is 11.4 Å². The number of nitrogen functional groups attached to an aromatic ring is 1. The highest BCUT2D eigenvalue weighted by atomic mass is 16.5. The number of hydrogen-bond acceptors (Lipinski definition) is 3. The second-order valence-electron chi connectivity index (χ2n) is 5.14. The Balaban J connectivity index is 2.04. The molecule has 0 bridgehead atoms. The summed E-state index contributed by atoms with van der Waals surface area (Å²) in [6.07, 6.45) is -0.590. The van der Waals surface area contributed by atoms with Gasteiger partial charge in [-0.05, 0) is 56.2 Å². The summed E-state index contributed by atoms with van der Waals surface area (Å²) in [7, 11) is 0.